The number of hydrogen-bond acceptors (Lipinski definition) is 3. The number of hydrogen-bond donors (Lipinski definition) is 1. The SMILES string of the molecule is CC(C)(C)c1c[c]cc(-n2nc3ccccc3n2)c1O. The van der Waals surface area contributed by atoms with Gasteiger partial charge in [0.1, 0.15) is 22.5 Å². The van der Waals surface area contributed by atoms with Crippen LogP contribution in [0.15, 0.2) is 36.4 Å². The van der Waals surface area contributed by atoms with Crippen LogP contribution >= 0.6 is 0 Å². The van der Waals surface area contributed by atoms with E-state index in [9.17, 15) is 5.11 Å². The van der Waals surface area contributed by atoms with Crippen molar-refractivity contribution in [2.75, 3.05) is 0 Å². The molecule has 0 saturated heterocycles. The van der Waals surface area contributed by atoms with Crippen molar-refractivity contribution in [3.05, 3.63) is 48.0 Å². The summed E-state index contributed by atoms with van der Waals surface area (Å²) in [4.78, 5) is 1.46. The molecule has 0 fully saturated rings. The first kappa shape index (κ1) is 12.7. The van der Waals surface area contributed by atoms with Gasteiger partial charge in [-0.15, -0.1) is 15.0 Å². The van der Waals surface area contributed by atoms with E-state index >= 15 is 0 Å². The molecule has 1 radical (unpaired) electrons. The van der Waals surface area contributed by atoms with Gasteiger partial charge in [-0.3, -0.25) is 0 Å². The summed E-state index contributed by atoms with van der Waals surface area (Å²) in [5.74, 6) is 0.205. The predicted molar refractivity (Wildman–Crippen MR) is 78.1 cm³/mol. The van der Waals surface area contributed by atoms with Crippen molar-refractivity contribution in [1.29, 1.82) is 0 Å². The summed E-state index contributed by atoms with van der Waals surface area (Å²) in [6.45, 7) is 6.14. The number of nitrogens with zero attached hydrogens (tertiary/aromatic N) is 3. The number of phenols is 1. The molecule has 0 aliphatic rings. The van der Waals surface area contributed by atoms with Crippen molar-refractivity contribution in [1.82, 2.24) is 15.0 Å². The molecule has 4 nitrogen and oxygen atoms in total. The third-order valence-electron chi connectivity index (χ3n) is 3.26. The van der Waals surface area contributed by atoms with Gasteiger partial charge in [0, 0.05) is 5.56 Å². The molecular formula is C16H16N3O. The first-order valence-electron chi connectivity index (χ1n) is 6.53. The van der Waals surface area contributed by atoms with Gasteiger partial charge >= 0.3 is 0 Å². The van der Waals surface area contributed by atoms with Gasteiger partial charge in [-0.25, -0.2) is 0 Å². The van der Waals surface area contributed by atoms with Crippen molar-refractivity contribution >= 4 is 11.0 Å². The van der Waals surface area contributed by atoms with Crippen LogP contribution in [-0.4, -0.2) is 20.1 Å². The molecule has 2 aromatic carbocycles. The second-order valence-electron chi connectivity index (χ2n) is 5.83. The lowest BCUT2D eigenvalue weighted by molar-refractivity contribution is 0.440. The largest absolute Gasteiger partial charge is 0.505 e. The van der Waals surface area contributed by atoms with Gasteiger partial charge in [-0.05, 0) is 35.7 Å². The third-order valence-corrected chi connectivity index (χ3v) is 3.26. The molecule has 4 heteroatoms. The van der Waals surface area contributed by atoms with Crippen LogP contribution in [0, 0.1) is 6.07 Å². The second-order valence-corrected chi connectivity index (χ2v) is 5.83. The Labute approximate surface area is 117 Å². The summed E-state index contributed by atoms with van der Waals surface area (Å²) in [7, 11) is 0. The maximum atomic E-state index is 10.5. The minimum atomic E-state index is -0.164. The van der Waals surface area contributed by atoms with Gasteiger partial charge in [-0.1, -0.05) is 32.9 Å². The maximum absolute atomic E-state index is 10.5. The number of aromatic nitrogens is 3. The lowest BCUT2D eigenvalue weighted by Crippen LogP contribution is -2.12. The number of rotatable bonds is 1. The van der Waals surface area contributed by atoms with Gasteiger partial charge < -0.3 is 5.11 Å². The Morgan fingerprint density at radius 1 is 1.05 bits per heavy atom. The fourth-order valence-electron chi connectivity index (χ4n) is 2.17. The van der Waals surface area contributed by atoms with Crippen LogP contribution < -0.4 is 0 Å². The molecule has 0 amide bonds. The number of aromatic hydroxyl groups is 1. The highest BCUT2D eigenvalue weighted by atomic mass is 16.3. The molecule has 0 saturated carbocycles. The van der Waals surface area contributed by atoms with Crippen LogP contribution in [0.5, 0.6) is 5.75 Å². The molecule has 1 heterocycles. The van der Waals surface area contributed by atoms with Crippen LogP contribution in [0.25, 0.3) is 16.7 Å². The Kier molecular flexibility index (Phi) is 2.74. The Morgan fingerprint density at radius 3 is 2.20 bits per heavy atom. The molecule has 101 valence electrons. The van der Waals surface area contributed by atoms with Crippen LogP contribution in [0.3, 0.4) is 0 Å². The topological polar surface area (TPSA) is 50.9 Å². The van der Waals surface area contributed by atoms with E-state index in [2.05, 4.69) is 16.3 Å². The van der Waals surface area contributed by atoms with Crippen molar-refractivity contribution in [3.63, 3.8) is 0 Å². The van der Waals surface area contributed by atoms with E-state index in [1.54, 1.807) is 6.07 Å². The third kappa shape index (κ3) is 2.03. The Morgan fingerprint density at radius 2 is 1.65 bits per heavy atom. The minimum absolute atomic E-state index is 0.164. The average molecular weight is 266 g/mol. The van der Waals surface area contributed by atoms with Crippen LogP contribution in [0.4, 0.5) is 0 Å². The van der Waals surface area contributed by atoms with E-state index in [1.807, 2.05) is 51.1 Å². The second kappa shape index (κ2) is 4.34. The quantitative estimate of drug-likeness (QED) is 0.735. The zero-order chi connectivity index (χ0) is 14.3. The van der Waals surface area contributed by atoms with Gasteiger partial charge in [0.2, 0.25) is 0 Å². The molecule has 0 spiro atoms. The smallest absolute Gasteiger partial charge is 0.146 e. The van der Waals surface area contributed by atoms with E-state index in [0.29, 0.717) is 5.69 Å². The van der Waals surface area contributed by atoms with Crippen LogP contribution in [-0.2, 0) is 5.41 Å². The molecule has 0 aliphatic carbocycles. The summed E-state index contributed by atoms with van der Waals surface area (Å²) >= 11 is 0. The minimum Gasteiger partial charge on any atom is -0.505 e. The van der Waals surface area contributed by atoms with E-state index in [4.69, 9.17) is 0 Å². The van der Waals surface area contributed by atoms with Crippen molar-refractivity contribution in [2.24, 2.45) is 0 Å². The predicted octanol–water partition coefficient (Wildman–Crippen LogP) is 3.22. The molecule has 3 rings (SSSR count). The molecule has 0 atom stereocenters. The highest BCUT2D eigenvalue weighted by Gasteiger charge is 2.21. The van der Waals surface area contributed by atoms with Crippen molar-refractivity contribution in [2.45, 2.75) is 26.2 Å². The molecule has 1 aromatic heterocycles. The van der Waals surface area contributed by atoms with Crippen LogP contribution in [0.1, 0.15) is 26.3 Å². The van der Waals surface area contributed by atoms with Crippen molar-refractivity contribution < 1.29 is 5.11 Å². The van der Waals surface area contributed by atoms with Crippen LogP contribution in [0.2, 0.25) is 0 Å². The zero-order valence-electron chi connectivity index (χ0n) is 11.8. The molecule has 0 bridgehead atoms. The highest BCUT2D eigenvalue weighted by Crippen LogP contribution is 2.34. The first-order chi connectivity index (χ1) is 9.47. The summed E-state index contributed by atoms with van der Waals surface area (Å²) in [6, 6.07) is 14.2. The summed E-state index contributed by atoms with van der Waals surface area (Å²) in [6.07, 6.45) is 0. The Balaban J connectivity index is 2.19. The van der Waals surface area contributed by atoms with E-state index in [1.165, 1.54) is 4.80 Å². The van der Waals surface area contributed by atoms with Gasteiger partial charge in [0.05, 0.1) is 0 Å². The highest BCUT2D eigenvalue weighted by molar-refractivity contribution is 5.73. The summed E-state index contributed by atoms with van der Waals surface area (Å²) in [5, 5.41) is 19.3. The summed E-state index contributed by atoms with van der Waals surface area (Å²) in [5.41, 5.74) is 2.81. The number of fused-ring (bicyclic) bond motifs is 1. The molecule has 0 unspecified atom stereocenters. The molecule has 3 aromatic rings. The van der Waals surface area contributed by atoms with E-state index in [0.717, 1.165) is 16.6 Å². The fourth-order valence-corrected chi connectivity index (χ4v) is 2.17. The summed E-state index contributed by atoms with van der Waals surface area (Å²) < 4.78 is 0. The van der Waals surface area contributed by atoms with E-state index < -0.39 is 0 Å². The Hall–Kier alpha value is -2.36. The maximum Gasteiger partial charge on any atom is 0.146 e. The van der Waals surface area contributed by atoms with Crippen molar-refractivity contribution in [3.8, 4) is 11.4 Å². The fraction of sp³-hybridized carbons (Fsp3) is 0.250. The first-order valence-corrected chi connectivity index (χ1v) is 6.53. The van der Waals surface area contributed by atoms with Gasteiger partial charge in [-0.2, -0.15) is 0 Å². The standard InChI is InChI=1S/C16H16N3O/c1-16(2,3)11-7-6-10-14(15(11)20)19-17-12-8-4-5-9-13(12)18-19/h4-5,7-10,20H,1-3H3. The van der Waals surface area contributed by atoms with Gasteiger partial charge in [0.25, 0.3) is 0 Å². The Bertz CT molecular complexity index is 736. The zero-order valence-corrected chi connectivity index (χ0v) is 11.8. The normalized spacial score (nSPS) is 11.9. The number of phenolic OH excluding ortho intramolecular Hbond substituents is 1. The lowest BCUT2D eigenvalue weighted by Gasteiger charge is -2.21. The van der Waals surface area contributed by atoms with Gasteiger partial charge in [0.15, 0.2) is 0 Å². The molecule has 20 heavy (non-hydrogen) atoms. The number of benzene rings is 2. The lowest BCUT2D eigenvalue weighted by atomic mass is 9.86. The monoisotopic (exact) mass is 266 g/mol. The average Bonchev–Trinajstić information content (AvgIpc) is 2.81. The van der Waals surface area contributed by atoms with E-state index in [-0.39, 0.29) is 11.2 Å². The molecule has 1 N–H and O–H groups in total. The molecule has 0 aliphatic heterocycles. The molecular weight excluding hydrogens is 250 g/mol.